The first-order valence-electron chi connectivity index (χ1n) is 16.3. The Morgan fingerprint density at radius 2 is 1.10 bits per heavy atom. The number of fused-ring (bicyclic) bond motifs is 5. The zero-order valence-corrected chi connectivity index (χ0v) is 29.1. The molecule has 0 radical (unpaired) electrons. The second-order valence-corrected chi connectivity index (χ2v) is 12.9. The summed E-state index contributed by atoms with van der Waals surface area (Å²) in [5.74, 6) is -0.0466. The van der Waals surface area contributed by atoms with Crippen molar-refractivity contribution in [1.82, 2.24) is 0 Å². The number of carbonyl (C=O) groups is 1. The predicted octanol–water partition coefficient (Wildman–Crippen LogP) is 12.6. The Kier molecular flexibility index (Phi) is 9.90. The number of hydrogen-bond acceptors (Lipinski definition) is 5. The van der Waals surface area contributed by atoms with Crippen LogP contribution in [0.4, 0.5) is 0 Å². The van der Waals surface area contributed by atoms with E-state index in [1.807, 2.05) is 98.8 Å². The lowest BCUT2D eigenvalue weighted by atomic mass is 9.98. The SMILES string of the molecule is CC.CCC.O=C(c1ccc(-c2ccc3c(c2)oc2cc(-c4ccc5c(=O)c6ccccc6sc5c4)ccc23)cc1)c1ccccc1S. The molecule has 8 aromatic rings. The number of ketones is 1. The van der Waals surface area contributed by atoms with Crippen LogP contribution in [0.25, 0.3) is 64.4 Å². The van der Waals surface area contributed by atoms with E-state index < -0.39 is 0 Å². The molecule has 0 saturated heterocycles. The molecule has 0 aliphatic heterocycles. The lowest BCUT2D eigenvalue weighted by molar-refractivity contribution is 0.103. The fourth-order valence-corrected chi connectivity index (χ4v) is 7.13. The number of furan rings is 1. The Labute approximate surface area is 289 Å². The van der Waals surface area contributed by atoms with Crippen molar-refractivity contribution < 1.29 is 9.21 Å². The normalized spacial score (nSPS) is 10.9. The molecule has 0 aliphatic carbocycles. The Morgan fingerprint density at radius 3 is 1.75 bits per heavy atom. The predicted molar refractivity (Wildman–Crippen MR) is 208 cm³/mol. The van der Waals surface area contributed by atoms with Gasteiger partial charge in [-0.15, -0.1) is 24.0 Å². The molecule has 0 spiro atoms. The quantitative estimate of drug-likeness (QED) is 0.116. The van der Waals surface area contributed by atoms with Crippen LogP contribution in [-0.2, 0) is 0 Å². The van der Waals surface area contributed by atoms with Crippen LogP contribution in [0.2, 0.25) is 0 Å². The van der Waals surface area contributed by atoms with Gasteiger partial charge in [0, 0.05) is 47.0 Å². The Hall–Kier alpha value is -4.97. The molecule has 2 aromatic heterocycles. The van der Waals surface area contributed by atoms with Gasteiger partial charge in [0.1, 0.15) is 11.2 Å². The van der Waals surface area contributed by atoms with Crippen LogP contribution in [0.5, 0.6) is 0 Å². The molecule has 6 aromatic carbocycles. The fourth-order valence-electron chi connectivity index (χ4n) is 5.75. The third kappa shape index (κ3) is 6.32. The average Bonchev–Trinajstić information content (AvgIpc) is 3.50. The number of benzene rings is 6. The summed E-state index contributed by atoms with van der Waals surface area (Å²) in [6.07, 6.45) is 1.25. The van der Waals surface area contributed by atoms with Gasteiger partial charge in [0.05, 0.1) is 0 Å². The highest BCUT2D eigenvalue weighted by atomic mass is 32.1. The highest BCUT2D eigenvalue weighted by molar-refractivity contribution is 7.80. The zero-order valence-electron chi connectivity index (χ0n) is 27.4. The fraction of sp³-hybridized carbons (Fsp3) is 0.116. The minimum Gasteiger partial charge on any atom is -0.456 e. The van der Waals surface area contributed by atoms with Gasteiger partial charge in [-0.1, -0.05) is 101 Å². The smallest absolute Gasteiger partial charge is 0.195 e. The summed E-state index contributed by atoms with van der Waals surface area (Å²) < 4.78 is 8.33. The molecule has 0 aliphatic rings. The van der Waals surface area contributed by atoms with E-state index in [4.69, 9.17) is 4.42 Å². The van der Waals surface area contributed by atoms with Crippen molar-refractivity contribution in [3.05, 3.63) is 149 Å². The van der Waals surface area contributed by atoms with Crippen LogP contribution in [0.1, 0.15) is 50.0 Å². The zero-order chi connectivity index (χ0) is 33.8. The molecule has 3 nitrogen and oxygen atoms in total. The van der Waals surface area contributed by atoms with Gasteiger partial charge in [-0.2, -0.15) is 0 Å². The van der Waals surface area contributed by atoms with Crippen LogP contribution < -0.4 is 5.43 Å². The molecule has 0 saturated carbocycles. The summed E-state index contributed by atoms with van der Waals surface area (Å²) >= 11 is 6.07. The van der Waals surface area contributed by atoms with Gasteiger partial charge in [-0.3, -0.25) is 9.59 Å². The van der Waals surface area contributed by atoms with Gasteiger partial charge in [0.15, 0.2) is 11.2 Å². The molecule has 0 unspecified atom stereocenters. The first-order chi connectivity index (χ1) is 23.4. The minimum absolute atomic E-state index is 0.0466. The molecule has 0 fully saturated rings. The van der Waals surface area contributed by atoms with E-state index in [1.165, 1.54) is 6.42 Å². The van der Waals surface area contributed by atoms with Crippen molar-refractivity contribution in [3.63, 3.8) is 0 Å². The lowest BCUT2D eigenvalue weighted by Gasteiger charge is -2.06. The van der Waals surface area contributed by atoms with Crippen molar-refractivity contribution in [1.29, 1.82) is 0 Å². The molecule has 0 atom stereocenters. The van der Waals surface area contributed by atoms with E-state index in [1.54, 1.807) is 17.4 Å². The Morgan fingerprint density at radius 1 is 0.604 bits per heavy atom. The standard InChI is InChI=1S/C38H22O3S2.C3H8.C2H6/c39-37(29-5-1-3-7-34(29)42)23-11-9-22(10-12-23)24-13-16-27-28-17-14-25(20-33(28)41-32(27)19-24)26-15-18-31-36(21-26)43-35-8-4-2-6-30(35)38(31)40;1-3-2;1-2/h1-21,42H;3H2,1-2H3;1-2H3. The van der Waals surface area contributed by atoms with E-state index in [-0.39, 0.29) is 11.2 Å². The molecular weight excluding hydrogens is 629 g/mol. The van der Waals surface area contributed by atoms with Crippen molar-refractivity contribution >= 4 is 71.9 Å². The summed E-state index contributed by atoms with van der Waals surface area (Å²) in [5.41, 5.74) is 6.98. The molecule has 5 heteroatoms. The van der Waals surface area contributed by atoms with Crippen molar-refractivity contribution in [2.75, 3.05) is 0 Å². The second-order valence-electron chi connectivity index (χ2n) is 11.3. The van der Waals surface area contributed by atoms with Gasteiger partial charge >= 0.3 is 0 Å². The highest BCUT2D eigenvalue weighted by Crippen LogP contribution is 2.36. The van der Waals surface area contributed by atoms with E-state index in [2.05, 4.69) is 62.9 Å². The van der Waals surface area contributed by atoms with E-state index in [9.17, 15) is 9.59 Å². The van der Waals surface area contributed by atoms with Gasteiger partial charge in [0.25, 0.3) is 0 Å². The summed E-state index contributed by atoms with van der Waals surface area (Å²) in [7, 11) is 0. The van der Waals surface area contributed by atoms with Gasteiger partial charge in [-0.05, 0) is 82.9 Å². The first kappa shape index (κ1) is 33.0. The number of rotatable bonds is 4. The van der Waals surface area contributed by atoms with Crippen LogP contribution >= 0.6 is 24.0 Å². The topological polar surface area (TPSA) is 47.3 Å². The number of thiol groups is 1. The number of hydrogen-bond donors (Lipinski definition) is 1. The van der Waals surface area contributed by atoms with Gasteiger partial charge in [0.2, 0.25) is 0 Å². The van der Waals surface area contributed by atoms with Crippen LogP contribution in [0.3, 0.4) is 0 Å². The molecule has 238 valence electrons. The van der Waals surface area contributed by atoms with Crippen molar-refractivity contribution in [2.45, 2.75) is 39.0 Å². The van der Waals surface area contributed by atoms with Gasteiger partial charge < -0.3 is 4.42 Å². The second kappa shape index (κ2) is 14.4. The molecule has 0 amide bonds. The van der Waals surface area contributed by atoms with Crippen molar-refractivity contribution in [3.8, 4) is 22.3 Å². The average molecular weight is 665 g/mol. The Balaban J connectivity index is 0.000000762. The van der Waals surface area contributed by atoms with E-state index >= 15 is 0 Å². The summed E-state index contributed by atoms with van der Waals surface area (Å²) in [6, 6.07) is 41.3. The molecule has 0 bridgehead atoms. The first-order valence-corrected chi connectivity index (χ1v) is 17.6. The highest BCUT2D eigenvalue weighted by Gasteiger charge is 2.14. The summed E-state index contributed by atoms with van der Waals surface area (Å²) in [5, 5.41) is 3.60. The Bertz CT molecular complexity index is 2470. The monoisotopic (exact) mass is 664 g/mol. The van der Waals surface area contributed by atoms with E-state index in [0.717, 1.165) is 64.4 Å². The summed E-state index contributed by atoms with van der Waals surface area (Å²) in [4.78, 5) is 26.7. The summed E-state index contributed by atoms with van der Waals surface area (Å²) in [6.45, 7) is 8.25. The third-order valence-electron chi connectivity index (χ3n) is 8.01. The third-order valence-corrected chi connectivity index (χ3v) is 9.54. The van der Waals surface area contributed by atoms with Crippen LogP contribution in [0, 0.1) is 0 Å². The molecular formula is C43H36O3S2. The molecule has 8 rings (SSSR count). The molecule has 2 heterocycles. The maximum Gasteiger partial charge on any atom is 0.195 e. The van der Waals surface area contributed by atoms with Gasteiger partial charge in [-0.25, -0.2) is 0 Å². The number of carbonyl (C=O) groups excluding carboxylic acids is 1. The maximum atomic E-state index is 13.0. The lowest BCUT2D eigenvalue weighted by Crippen LogP contribution is -2.02. The minimum atomic E-state index is -0.0466. The molecule has 48 heavy (non-hydrogen) atoms. The maximum absolute atomic E-state index is 13.0. The van der Waals surface area contributed by atoms with Crippen molar-refractivity contribution in [2.24, 2.45) is 0 Å². The van der Waals surface area contributed by atoms with E-state index in [0.29, 0.717) is 16.0 Å². The largest absolute Gasteiger partial charge is 0.456 e. The van der Waals surface area contributed by atoms with Crippen LogP contribution in [0.15, 0.2) is 142 Å². The molecule has 0 N–H and O–H groups in total. The van der Waals surface area contributed by atoms with Crippen LogP contribution in [-0.4, -0.2) is 5.78 Å².